The number of urea groups is 1. The minimum absolute atomic E-state index is 0.0219. The summed E-state index contributed by atoms with van der Waals surface area (Å²) in [6.07, 6.45) is -0.474. The van der Waals surface area contributed by atoms with Crippen molar-refractivity contribution in [2.45, 2.75) is 32.4 Å². The normalized spacial score (nSPS) is 12.7. The van der Waals surface area contributed by atoms with E-state index >= 15 is 0 Å². The number of rotatable bonds is 28. The van der Waals surface area contributed by atoms with E-state index < -0.39 is 97.8 Å². The fourth-order valence-electron chi connectivity index (χ4n) is 8.63. The fourth-order valence-corrected chi connectivity index (χ4v) is 12.3. The number of carbonyl (C=O) groups excluding carboxylic acids is 1. The Balaban J connectivity index is 1.05. The number of hydrogen-bond acceptors (Lipinski definition) is 27. The molecule has 0 saturated heterocycles. The van der Waals surface area contributed by atoms with Crippen LogP contribution in [0.3, 0.4) is 0 Å². The molecule has 8 aromatic rings. The molecule has 8 rings (SSSR count). The summed E-state index contributed by atoms with van der Waals surface area (Å²) < 4.78 is 234. The van der Waals surface area contributed by atoms with Gasteiger partial charge in [0.15, 0.2) is 0 Å². The number of anilines is 2. The Morgan fingerprint density at radius 1 is 0.365 bits per heavy atom. The van der Waals surface area contributed by atoms with Crippen molar-refractivity contribution < 1.29 is 111 Å². The van der Waals surface area contributed by atoms with Crippen LogP contribution in [0.1, 0.15) is 12.8 Å². The molecule has 35 nitrogen and oxygen atoms in total. The molecule has 0 aliphatic carbocycles. The van der Waals surface area contributed by atoms with Crippen LogP contribution >= 0.6 is 0 Å². The van der Waals surface area contributed by atoms with Gasteiger partial charge in [-0.15, -0.1) is 20.5 Å². The van der Waals surface area contributed by atoms with E-state index in [1.54, 1.807) is 0 Å². The van der Waals surface area contributed by atoms with Crippen LogP contribution in [-0.2, 0) is 60.7 Å². The van der Waals surface area contributed by atoms with E-state index in [4.69, 9.17) is 28.4 Å². The minimum atomic E-state index is -5.00. The van der Waals surface area contributed by atoms with Crippen molar-refractivity contribution in [3.63, 3.8) is 0 Å². The van der Waals surface area contributed by atoms with Gasteiger partial charge in [-0.25, -0.2) is 4.79 Å². The molecule has 0 fully saturated rings. The zero-order valence-electron chi connectivity index (χ0n) is 49.8. The molecule has 0 saturated carbocycles. The number of amides is 2. The number of fused-ring (bicyclic) bond motifs is 2. The van der Waals surface area contributed by atoms with Crippen molar-refractivity contribution in [2.75, 3.05) is 63.8 Å². The third-order valence-electron chi connectivity index (χ3n) is 13.0. The zero-order valence-corrected chi connectivity index (χ0v) is 54.7. The van der Waals surface area contributed by atoms with Gasteiger partial charge < -0.3 is 39.1 Å². The van der Waals surface area contributed by atoms with Crippen LogP contribution in [0.5, 0.6) is 34.5 Å². The molecule has 0 radical (unpaired) electrons. The Hall–Kier alpha value is -9.79. The van der Waals surface area contributed by atoms with Crippen LogP contribution in [0.15, 0.2) is 182 Å². The molecule has 0 spiro atoms. The van der Waals surface area contributed by atoms with E-state index in [0.29, 0.717) is 12.1 Å². The van der Waals surface area contributed by atoms with Crippen molar-refractivity contribution in [3.05, 3.63) is 121 Å². The zero-order chi connectivity index (χ0) is 70.1. The lowest BCUT2D eigenvalue weighted by Crippen LogP contribution is -2.21. The number of carbonyl (C=O) groups is 1. The molecule has 508 valence electrons. The van der Waals surface area contributed by atoms with Gasteiger partial charge in [-0.1, -0.05) is 12.1 Å². The van der Waals surface area contributed by atoms with Crippen LogP contribution in [0.2, 0.25) is 0 Å². The van der Waals surface area contributed by atoms with Gasteiger partial charge in [0.2, 0.25) is 0 Å². The number of hydrogen-bond donors (Lipinski definition) is 8. The summed E-state index contributed by atoms with van der Waals surface area (Å²) in [5, 5.41) is 38.7. The third-order valence-corrected chi connectivity index (χ3v) is 18.0. The maximum absolute atomic E-state index is 14.0. The number of ether oxygens (including phenoxy) is 6. The monoisotopic (exact) mass is 1440 g/mol. The quantitative estimate of drug-likeness (QED) is 0.0128. The van der Waals surface area contributed by atoms with Gasteiger partial charge in [0.25, 0.3) is 60.7 Å². The van der Waals surface area contributed by atoms with Crippen LogP contribution in [0, 0.1) is 0 Å². The highest BCUT2D eigenvalue weighted by Crippen LogP contribution is 2.44. The van der Waals surface area contributed by atoms with Gasteiger partial charge in [-0.3, -0.25) is 27.3 Å². The number of methoxy groups -OCH3 is 4. The fraction of sp³-hybridized carbons (Fsp3) is 0.182. The summed E-state index contributed by atoms with van der Waals surface area (Å²) in [4.78, 5) is 10.9. The first-order chi connectivity index (χ1) is 45.0. The molecule has 8 N–H and O–H groups in total. The van der Waals surface area contributed by atoms with Crippen molar-refractivity contribution in [2.24, 2.45) is 40.9 Å². The Morgan fingerprint density at radius 2 is 0.688 bits per heavy atom. The molecule has 0 aromatic heterocycles. The average Bonchev–Trinajstić information content (AvgIpc) is 0.784. The van der Waals surface area contributed by atoms with E-state index in [0.717, 1.165) is 12.1 Å². The van der Waals surface area contributed by atoms with Crippen LogP contribution in [-0.4, -0.2) is 137 Å². The Kier molecular flexibility index (Phi) is 22.1. The number of azo groups is 4. The Labute approximate surface area is 546 Å². The van der Waals surface area contributed by atoms with Gasteiger partial charge in [0, 0.05) is 47.2 Å². The third kappa shape index (κ3) is 19.2. The molecular weight excluding hydrogens is 1390 g/mol. The topological polar surface area (TPSA) is 522 Å². The smallest absolute Gasteiger partial charge is 0.323 e. The molecular formula is C55H52N10O25S6. The first-order valence-electron chi connectivity index (χ1n) is 26.8. The van der Waals surface area contributed by atoms with Gasteiger partial charge in [-0.05, 0) is 96.4 Å². The first kappa shape index (κ1) is 72.0. The summed E-state index contributed by atoms with van der Waals surface area (Å²) in [7, 11) is -23.5. The lowest BCUT2D eigenvalue weighted by atomic mass is 10.1. The predicted octanol–water partition coefficient (Wildman–Crippen LogP) is 11.6. The van der Waals surface area contributed by atoms with Crippen molar-refractivity contribution >= 4 is 145 Å². The second-order valence-corrected chi connectivity index (χ2v) is 28.4. The summed E-state index contributed by atoms with van der Waals surface area (Å²) in [5.41, 5.74) is 0.409. The first-order valence-corrected chi connectivity index (χ1v) is 35.8. The number of benzene rings is 8. The molecule has 0 atom stereocenters. The van der Waals surface area contributed by atoms with E-state index in [-0.39, 0.29) is 139 Å². The van der Waals surface area contributed by atoms with Gasteiger partial charge in [0.05, 0.1) is 97.1 Å². The molecule has 0 heterocycles. The molecule has 96 heavy (non-hydrogen) atoms. The van der Waals surface area contributed by atoms with Crippen molar-refractivity contribution in [1.82, 2.24) is 0 Å². The Bertz CT molecular complexity index is 4910. The van der Waals surface area contributed by atoms with Gasteiger partial charge >= 0.3 is 6.03 Å². The van der Waals surface area contributed by atoms with Gasteiger partial charge in [-0.2, -0.15) is 71.0 Å². The highest BCUT2D eigenvalue weighted by atomic mass is 32.2. The molecule has 2 amide bonds. The average molecular weight is 1450 g/mol. The second kappa shape index (κ2) is 29.5. The summed E-state index contributed by atoms with van der Waals surface area (Å²) in [5.74, 6) is -1.56. The molecule has 0 aliphatic rings. The summed E-state index contributed by atoms with van der Waals surface area (Å²) in [6, 6.07) is 23.5. The highest BCUT2D eigenvalue weighted by Gasteiger charge is 2.24. The molecule has 8 aromatic carbocycles. The van der Waals surface area contributed by atoms with E-state index in [9.17, 15) is 82.6 Å². The van der Waals surface area contributed by atoms with E-state index in [1.165, 1.54) is 126 Å². The van der Waals surface area contributed by atoms with E-state index in [2.05, 4.69) is 51.5 Å². The molecule has 41 heteroatoms. The van der Waals surface area contributed by atoms with Gasteiger partial charge in [0.1, 0.15) is 67.0 Å². The molecule has 0 unspecified atom stereocenters. The molecule has 0 bridgehead atoms. The summed E-state index contributed by atoms with van der Waals surface area (Å²) in [6.45, 7) is -0.696. The maximum Gasteiger partial charge on any atom is 0.323 e. The standard InChI is InChI=1S/C55H52N10O25S6/c1-85-47-23-35(60-58-33-9-7-31-19-37(93(73,74)75)25-53(39(31)21-33)95(79,80)81)11-13-41(47)62-64-45-29-51(89-15-5-17-91(67,68)69)43(27-49(45)87-3)56-55(66)57-44-28-50(88-4)46(30-52(44)90-16-6-18-92(70,71)72)65-63-42-14-12-36(24-48(42)86-2)61-59-34-10-8-32-20-38(94(76,77)78)26-54(40(32)22-34)96(82,83)84/h7-14,19-30H,5-6,15-18H2,1-4H3,(H2,56,57,66)(H,67,68,69)(H,70,71,72)(H,73,74,75)(H,76,77,78)(H,79,80,81)(H,82,83,84). The van der Waals surface area contributed by atoms with Crippen molar-refractivity contribution in [3.8, 4) is 34.5 Å². The second-order valence-electron chi connectivity index (χ2n) is 19.7. The molecule has 0 aliphatic heterocycles. The van der Waals surface area contributed by atoms with E-state index in [1.807, 2.05) is 0 Å². The number of nitrogens with zero attached hydrogens (tertiary/aromatic N) is 8. The largest absolute Gasteiger partial charge is 0.494 e. The van der Waals surface area contributed by atoms with Crippen LogP contribution in [0.4, 0.5) is 61.7 Å². The summed E-state index contributed by atoms with van der Waals surface area (Å²) >= 11 is 0. The van der Waals surface area contributed by atoms with Crippen molar-refractivity contribution in [1.29, 1.82) is 0 Å². The highest BCUT2D eigenvalue weighted by molar-refractivity contribution is 7.87. The van der Waals surface area contributed by atoms with Crippen LogP contribution < -0.4 is 39.1 Å². The SMILES string of the molecule is COc1cc(N=Nc2ccc3cc(S(=O)(=O)O)cc(S(=O)(=O)O)c3c2)ccc1N=Nc1cc(OCCCS(=O)(=O)O)c(NC(=O)Nc2cc(OC)c(N=Nc3ccc(N=Nc4ccc5cc(S(=O)(=O)O)cc(S(=O)(=O)O)c5c4)cc3OC)cc2OCCCS(=O)(=O)O)cc1OC. The Morgan fingerprint density at radius 3 is 1.01 bits per heavy atom. The number of nitrogens with one attached hydrogen (secondary N) is 2. The minimum Gasteiger partial charge on any atom is -0.494 e. The maximum atomic E-state index is 14.0. The lowest BCUT2D eigenvalue weighted by Gasteiger charge is -2.18. The van der Waals surface area contributed by atoms with Crippen LogP contribution in [0.25, 0.3) is 21.5 Å². The predicted molar refractivity (Wildman–Crippen MR) is 342 cm³/mol. The lowest BCUT2D eigenvalue weighted by molar-refractivity contribution is 0.261.